The molecule has 1 aliphatic rings. The summed E-state index contributed by atoms with van der Waals surface area (Å²) in [7, 11) is -2.81. The first-order chi connectivity index (χ1) is 10.4. The number of halogens is 1. The minimum absolute atomic E-state index is 0.102. The van der Waals surface area contributed by atoms with Gasteiger partial charge in [-0.05, 0) is 37.8 Å². The molecule has 0 radical (unpaired) electrons. The zero-order valence-electron chi connectivity index (χ0n) is 12.1. The van der Waals surface area contributed by atoms with E-state index in [1.165, 1.54) is 6.07 Å². The van der Waals surface area contributed by atoms with Gasteiger partial charge in [0.2, 0.25) is 0 Å². The first-order valence-electron chi connectivity index (χ1n) is 7.22. The molecule has 22 heavy (non-hydrogen) atoms. The average Bonchev–Trinajstić information content (AvgIpc) is 2.46. The Balaban J connectivity index is 1.81. The summed E-state index contributed by atoms with van der Waals surface area (Å²) in [5, 5.41) is 14.2. The summed E-state index contributed by atoms with van der Waals surface area (Å²) in [6, 6.07) is 4.93. The molecule has 6 nitrogen and oxygen atoms in total. The van der Waals surface area contributed by atoms with E-state index in [1.54, 1.807) is 12.1 Å². The van der Waals surface area contributed by atoms with Crippen LogP contribution in [-0.2, 0) is 16.4 Å². The zero-order valence-corrected chi connectivity index (χ0v) is 14.5. The van der Waals surface area contributed by atoms with Gasteiger partial charge in [-0.1, -0.05) is 22.0 Å². The lowest BCUT2D eigenvalue weighted by Gasteiger charge is -2.21. The van der Waals surface area contributed by atoms with E-state index < -0.39 is 9.84 Å². The summed E-state index contributed by atoms with van der Waals surface area (Å²) in [4.78, 5) is 10.6. The molecule has 1 aromatic carbocycles. The average molecular weight is 391 g/mol. The molecule has 1 saturated heterocycles. The Kier molecular flexibility index (Phi) is 5.94. The minimum atomic E-state index is -2.81. The molecule has 1 fully saturated rings. The predicted octanol–water partition coefficient (Wildman–Crippen LogP) is 2.66. The van der Waals surface area contributed by atoms with Crippen LogP contribution in [0.2, 0.25) is 0 Å². The molecule has 0 aliphatic carbocycles. The van der Waals surface area contributed by atoms with Crippen molar-refractivity contribution in [1.29, 1.82) is 0 Å². The van der Waals surface area contributed by atoms with Gasteiger partial charge in [-0.15, -0.1) is 0 Å². The smallest absolute Gasteiger partial charge is 0.275 e. The van der Waals surface area contributed by atoms with Crippen molar-refractivity contribution in [2.75, 3.05) is 18.1 Å². The molecule has 1 aliphatic heterocycles. The van der Waals surface area contributed by atoms with Crippen LogP contribution in [0.5, 0.6) is 0 Å². The number of nitrogens with one attached hydrogen (secondary N) is 1. The zero-order chi connectivity index (χ0) is 16.2. The fourth-order valence-electron chi connectivity index (χ4n) is 2.64. The maximum atomic E-state index is 11.4. The molecule has 0 saturated carbocycles. The third-order valence-electron chi connectivity index (χ3n) is 4.00. The molecule has 0 atom stereocenters. The van der Waals surface area contributed by atoms with E-state index in [0.29, 0.717) is 18.0 Å². The Morgan fingerprint density at radius 1 is 1.32 bits per heavy atom. The van der Waals surface area contributed by atoms with Crippen molar-refractivity contribution in [2.45, 2.75) is 25.8 Å². The van der Waals surface area contributed by atoms with E-state index in [0.717, 1.165) is 30.3 Å². The van der Waals surface area contributed by atoms with Gasteiger partial charge in [0.25, 0.3) is 5.69 Å². The molecule has 0 spiro atoms. The van der Waals surface area contributed by atoms with Crippen LogP contribution in [0.25, 0.3) is 0 Å². The largest absolute Gasteiger partial charge is 0.312 e. The topological polar surface area (TPSA) is 89.3 Å². The van der Waals surface area contributed by atoms with Gasteiger partial charge < -0.3 is 5.32 Å². The number of sulfone groups is 1. The van der Waals surface area contributed by atoms with Gasteiger partial charge in [-0.25, -0.2) is 8.42 Å². The lowest BCUT2D eigenvalue weighted by Crippen LogP contribution is -2.26. The number of hydrogen-bond acceptors (Lipinski definition) is 5. The summed E-state index contributed by atoms with van der Waals surface area (Å²) in [5.41, 5.74) is 0.740. The van der Waals surface area contributed by atoms with Gasteiger partial charge in [-0.2, -0.15) is 0 Å². The Morgan fingerprint density at radius 3 is 2.64 bits per heavy atom. The molecule has 1 aromatic rings. The highest BCUT2D eigenvalue weighted by molar-refractivity contribution is 9.10. The van der Waals surface area contributed by atoms with Crippen molar-refractivity contribution >= 4 is 31.5 Å². The Hall–Kier alpha value is -0.990. The number of benzene rings is 1. The van der Waals surface area contributed by atoms with Crippen molar-refractivity contribution in [3.05, 3.63) is 38.3 Å². The Labute approximate surface area is 138 Å². The Bertz CT molecular complexity index is 634. The van der Waals surface area contributed by atoms with Crippen LogP contribution >= 0.6 is 15.9 Å². The highest BCUT2D eigenvalue weighted by atomic mass is 79.9. The van der Waals surface area contributed by atoms with Crippen molar-refractivity contribution < 1.29 is 13.3 Å². The molecule has 1 heterocycles. The second-order valence-corrected chi connectivity index (χ2v) is 8.71. The molecular weight excluding hydrogens is 372 g/mol. The second kappa shape index (κ2) is 7.52. The van der Waals surface area contributed by atoms with Crippen LogP contribution in [0.3, 0.4) is 0 Å². The highest BCUT2D eigenvalue weighted by Gasteiger charge is 2.23. The first-order valence-corrected chi connectivity index (χ1v) is 9.83. The SMILES string of the molecule is O=[N+]([O-])c1cccc(Br)c1CNCCC1CCS(=O)(=O)CC1. The van der Waals surface area contributed by atoms with Crippen molar-refractivity contribution in [3.63, 3.8) is 0 Å². The molecule has 1 N–H and O–H groups in total. The summed E-state index contributed by atoms with van der Waals surface area (Å²) < 4.78 is 23.5. The van der Waals surface area contributed by atoms with Crippen LogP contribution in [0.1, 0.15) is 24.8 Å². The fraction of sp³-hybridized carbons (Fsp3) is 0.571. The van der Waals surface area contributed by atoms with Gasteiger partial charge in [0.1, 0.15) is 9.84 Å². The molecular formula is C14H19BrN2O4S. The standard InChI is InChI=1S/C14H19BrN2O4S/c15-13-2-1-3-14(17(18)19)12(13)10-16-7-4-11-5-8-22(20,21)9-6-11/h1-3,11,16H,4-10H2. The van der Waals surface area contributed by atoms with E-state index in [1.807, 2.05) is 0 Å². The quantitative estimate of drug-likeness (QED) is 0.458. The molecule has 8 heteroatoms. The molecule has 0 amide bonds. The van der Waals surface area contributed by atoms with E-state index in [-0.39, 0.29) is 22.1 Å². The second-order valence-electron chi connectivity index (χ2n) is 5.56. The summed E-state index contributed by atoms with van der Waals surface area (Å²) in [6.45, 7) is 1.14. The van der Waals surface area contributed by atoms with Crippen LogP contribution in [0.15, 0.2) is 22.7 Å². The third kappa shape index (κ3) is 4.76. The lowest BCUT2D eigenvalue weighted by molar-refractivity contribution is -0.385. The number of nitro groups is 1. The van der Waals surface area contributed by atoms with Crippen LogP contribution in [0, 0.1) is 16.0 Å². The molecule has 2 rings (SSSR count). The number of nitrogens with zero attached hydrogens (tertiary/aromatic N) is 1. The first kappa shape index (κ1) is 17.4. The number of nitro benzene ring substituents is 1. The highest BCUT2D eigenvalue weighted by Crippen LogP contribution is 2.26. The predicted molar refractivity (Wildman–Crippen MR) is 88.5 cm³/mol. The summed E-state index contributed by atoms with van der Waals surface area (Å²) in [5.74, 6) is 0.992. The summed E-state index contributed by atoms with van der Waals surface area (Å²) >= 11 is 3.35. The van der Waals surface area contributed by atoms with E-state index >= 15 is 0 Å². The normalized spacial score (nSPS) is 18.2. The van der Waals surface area contributed by atoms with Crippen LogP contribution in [-0.4, -0.2) is 31.4 Å². The lowest BCUT2D eigenvalue weighted by atomic mass is 9.99. The van der Waals surface area contributed by atoms with Gasteiger partial charge in [-0.3, -0.25) is 10.1 Å². The summed E-state index contributed by atoms with van der Waals surface area (Å²) in [6.07, 6.45) is 2.34. The maximum absolute atomic E-state index is 11.4. The van der Waals surface area contributed by atoms with Crippen molar-refractivity contribution in [2.24, 2.45) is 5.92 Å². The van der Waals surface area contributed by atoms with Gasteiger partial charge in [0.05, 0.1) is 22.0 Å². The van der Waals surface area contributed by atoms with E-state index in [4.69, 9.17) is 0 Å². The van der Waals surface area contributed by atoms with Crippen molar-refractivity contribution in [1.82, 2.24) is 5.32 Å². The van der Waals surface area contributed by atoms with E-state index in [9.17, 15) is 18.5 Å². The number of rotatable bonds is 6. The van der Waals surface area contributed by atoms with Crippen LogP contribution in [0.4, 0.5) is 5.69 Å². The maximum Gasteiger partial charge on any atom is 0.275 e. The molecule has 0 unspecified atom stereocenters. The monoisotopic (exact) mass is 390 g/mol. The third-order valence-corrected chi connectivity index (χ3v) is 6.45. The molecule has 122 valence electrons. The van der Waals surface area contributed by atoms with Crippen molar-refractivity contribution in [3.8, 4) is 0 Å². The molecule has 0 aromatic heterocycles. The Morgan fingerprint density at radius 2 is 2.00 bits per heavy atom. The van der Waals surface area contributed by atoms with Gasteiger partial charge in [0.15, 0.2) is 0 Å². The van der Waals surface area contributed by atoms with Gasteiger partial charge in [0, 0.05) is 17.1 Å². The fourth-order valence-corrected chi connectivity index (χ4v) is 4.73. The minimum Gasteiger partial charge on any atom is -0.312 e. The van der Waals surface area contributed by atoms with Crippen LogP contribution < -0.4 is 5.32 Å². The van der Waals surface area contributed by atoms with Gasteiger partial charge >= 0.3 is 0 Å². The molecule has 0 bridgehead atoms. The van der Waals surface area contributed by atoms with E-state index in [2.05, 4.69) is 21.2 Å². The number of hydrogen-bond donors (Lipinski definition) is 1.